The number of aromatic nitrogens is 6. The molecule has 8 nitrogen and oxygen atoms in total. The number of fused-ring (bicyclic) bond motifs is 1. The van der Waals surface area contributed by atoms with Crippen LogP contribution in [0, 0.1) is 6.92 Å². The fourth-order valence-corrected chi connectivity index (χ4v) is 3.86. The molecule has 0 bridgehead atoms. The van der Waals surface area contributed by atoms with Crippen LogP contribution in [0.2, 0.25) is 0 Å². The maximum Gasteiger partial charge on any atom is 0.416 e. The normalized spacial score (nSPS) is 11.6. The van der Waals surface area contributed by atoms with Gasteiger partial charge in [0.2, 0.25) is 0 Å². The first kappa shape index (κ1) is 24.0. The first-order valence-electron chi connectivity index (χ1n) is 11.2. The predicted molar refractivity (Wildman–Crippen MR) is 131 cm³/mol. The van der Waals surface area contributed by atoms with Gasteiger partial charge in [-0.15, -0.1) is 0 Å². The molecule has 5 aromatic rings. The lowest BCUT2D eigenvalue weighted by Gasteiger charge is -2.13. The highest BCUT2D eigenvalue weighted by Crippen LogP contribution is 2.31. The number of carbonyl (C=O) groups excluding carboxylic acids is 1. The van der Waals surface area contributed by atoms with E-state index < -0.39 is 11.7 Å². The van der Waals surface area contributed by atoms with Gasteiger partial charge in [0.1, 0.15) is 12.1 Å². The highest BCUT2D eigenvalue weighted by atomic mass is 19.4. The number of carbonyl (C=O) groups is 1. The molecular formula is C26H20F3N7O. The van der Waals surface area contributed by atoms with Crippen LogP contribution in [0.5, 0.6) is 0 Å². The fourth-order valence-electron chi connectivity index (χ4n) is 3.86. The van der Waals surface area contributed by atoms with Crippen molar-refractivity contribution >= 4 is 28.3 Å². The monoisotopic (exact) mass is 503 g/mol. The minimum Gasteiger partial charge on any atom is -0.339 e. The average molecular weight is 503 g/mol. The fraction of sp³-hybridized carbons (Fsp3) is 0.154. The Kier molecular flexibility index (Phi) is 6.12. The van der Waals surface area contributed by atoms with Crippen molar-refractivity contribution in [3.63, 3.8) is 0 Å². The van der Waals surface area contributed by atoms with E-state index in [4.69, 9.17) is 0 Å². The molecule has 3 heterocycles. The number of nitrogens with zero attached hydrogens (tertiary/aromatic N) is 6. The van der Waals surface area contributed by atoms with Crippen LogP contribution in [-0.2, 0) is 19.6 Å². The number of alkyl halides is 3. The van der Waals surface area contributed by atoms with Gasteiger partial charge in [0, 0.05) is 37.1 Å². The number of ketones is 1. The van der Waals surface area contributed by atoms with Crippen LogP contribution in [-0.4, -0.2) is 35.5 Å². The van der Waals surface area contributed by atoms with E-state index in [1.54, 1.807) is 48.5 Å². The van der Waals surface area contributed by atoms with E-state index in [0.29, 0.717) is 39.5 Å². The number of nitrogens with one attached hydrogen (secondary N) is 1. The molecule has 1 N–H and O–H groups in total. The minimum atomic E-state index is -4.47. The number of benzene rings is 2. The third-order valence-electron chi connectivity index (χ3n) is 5.84. The van der Waals surface area contributed by atoms with Gasteiger partial charge in [-0.05, 0) is 30.2 Å². The molecule has 186 valence electrons. The van der Waals surface area contributed by atoms with Gasteiger partial charge in [0.25, 0.3) is 0 Å². The Labute approximate surface area is 209 Å². The maximum atomic E-state index is 13.1. The molecule has 3 aromatic heterocycles. The number of rotatable bonds is 6. The van der Waals surface area contributed by atoms with Gasteiger partial charge in [-0.25, -0.2) is 19.9 Å². The lowest BCUT2D eigenvalue weighted by atomic mass is 9.99. The van der Waals surface area contributed by atoms with Crippen LogP contribution in [0.1, 0.15) is 27.0 Å². The molecule has 0 aliphatic rings. The molecule has 0 amide bonds. The van der Waals surface area contributed by atoms with E-state index in [-0.39, 0.29) is 17.8 Å². The molecular weight excluding hydrogens is 483 g/mol. The summed E-state index contributed by atoms with van der Waals surface area (Å²) in [6.07, 6.45) is 1.63. The van der Waals surface area contributed by atoms with Crippen molar-refractivity contribution in [1.29, 1.82) is 0 Å². The maximum absolute atomic E-state index is 13.1. The molecule has 2 aromatic carbocycles. The second-order valence-electron chi connectivity index (χ2n) is 8.48. The van der Waals surface area contributed by atoms with Gasteiger partial charge in [-0.1, -0.05) is 30.3 Å². The third-order valence-corrected chi connectivity index (χ3v) is 5.84. The second-order valence-corrected chi connectivity index (χ2v) is 8.48. The molecule has 0 fully saturated rings. The van der Waals surface area contributed by atoms with Crippen molar-refractivity contribution in [1.82, 2.24) is 29.7 Å². The molecule has 0 spiro atoms. The van der Waals surface area contributed by atoms with Gasteiger partial charge < -0.3 is 5.32 Å². The zero-order valence-electron chi connectivity index (χ0n) is 19.8. The Morgan fingerprint density at radius 1 is 1.03 bits per heavy atom. The molecule has 0 atom stereocenters. The van der Waals surface area contributed by atoms with Gasteiger partial charge in [-0.2, -0.15) is 18.3 Å². The summed E-state index contributed by atoms with van der Waals surface area (Å²) in [5.74, 6) is 0.565. The number of hydrogen-bond donors (Lipinski definition) is 1. The number of halogens is 3. The molecule has 0 aliphatic heterocycles. The van der Waals surface area contributed by atoms with E-state index in [1.165, 1.54) is 18.5 Å². The molecule has 0 unspecified atom stereocenters. The third kappa shape index (κ3) is 5.01. The van der Waals surface area contributed by atoms with Crippen molar-refractivity contribution in [2.24, 2.45) is 7.05 Å². The van der Waals surface area contributed by atoms with Crippen molar-refractivity contribution in [2.75, 3.05) is 5.32 Å². The van der Waals surface area contributed by atoms with Crippen LogP contribution in [0.15, 0.2) is 67.4 Å². The van der Waals surface area contributed by atoms with Crippen LogP contribution in [0.4, 0.5) is 24.7 Å². The molecule has 11 heteroatoms. The summed E-state index contributed by atoms with van der Waals surface area (Å²) in [5, 5.41) is 8.23. The van der Waals surface area contributed by atoms with Gasteiger partial charge in [-0.3, -0.25) is 9.48 Å². The zero-order chi connectivity index (χ0) is 26.2. The average Bonchev–Trinajstić information content (AvgIpc) is 3.26. The number of hydrogen-bond acceptors (Lipinski definition) is 7. The van der Waals surface area contributed by atoms with E-state index in [1.807, 2.05) is 6.92 Å². The SMILES string of the molecule is Cc1ccc(C(=O)Cc2cccc(C(F)(F)F)c2)cc1Nc1nc(-c2cncnc2)nc2c1cnn2C. The smallest absolute Gasteiger partial charge is 0.339 e. The minimum absolute atomic E-state index is 0.162. The molecule has 0 saturated carbocycles. The molecule has 0 aliphatic carbocycles. The standard InChI is InChI=1S/C26H20F3N7O/c1-15-6-7-17(22(37)9-16-4-3-5-19(8-16)26(27,28)29)10-21(15)33-24-20-13-32-36(2)25(20)35-23(34-24)18-11-30-14-31-12-18/h3-8,10-14H,9H2,1-2H3,(H,33,34,35). The second kappa shape index (κ2) is 9.41. The van der Waals surface area contributed by atoms with Crippen molar-refractivity contribution in [3.8, 4) is 11.4 Å². The largest absolute Gasteiger partial charge is 0.416 e. The Balaban J connectivity index is 1.47. The van der Waals surface area contributed by atoms with Crippen LogP contribution in [0.25, 0.3) is 22.4 Å². The van der Waals surface area contributed by atoms with Crippen LogP contribution >= 0.6 is 0 Å². The molecule has 5 rings (SSSR count). The van der Waals surface area contributed by atoms with E-state index in [2.05, 4.69) is 30.4 Å². The van der Waals surface area contributed by atoms with Crippen LogP contribution < -0.4 is 5.32 Å². The van der Waals surface area contributed by atoms with Crippen molar-refractivity contribution in [3.05, 3.63) is 89.6 Å². The highest BCUT2D eigenvalue weighted by molar-refractivity contribution is 5.99. The number of Topliss-reactive ketones (excluding diaryl/α,β-unsaturated/α-hetero) is 1. The summed E-state index contributed by atoms with van der Waals surface area (Å²) in [6, 6.07) is 9.89. The van der Waals surface area contributed by atoms with Crippen LogP contribution in [0.3, 0.4) is 0 Å². The Hall–Kier alpha value is -4.67. The summed E-state index contributed by atoms with van der Waals surface area (Å²) in [5.41, 5.74) is 2.54. The lowest BCUT2D eigenvalue weighted by molar-refractivity contribution is -0.137. The molecule has 37 heavy (non-hydrogen) atoms. The Morgan fingerprint density at radius 3 is 2.57 bits per heavy atom. The Bertz CT molecular complexity index is 1610. The first-order valence-corrected chi connectivity index (χ1v) is 11.2. The van der Waals surface area contributed by atoms with Gasteiger partial charge >= 0.3 is 6.18 Å². The van der Waals surface area contributed by atoms with E-state index in [0.717, 1.165) is 17.7 Å². The summed E-state index contributed by atoms with van der Waals surface area (Å²) < 4.78 is 40.8. The van der Waals surface area contributed by atoms with Gasteiger partial charge in [0.15, 0.2) is 17.3 Å². The summed E-state index contributed by atoms with van der Waals surface area (Å²) in [4.78, 5) is 30.3. The summed E-state index contributed by atoms with van der Waals surface area (Å²) in [6.45, 7) is 1.87. The summed E-state index contributed by atoms with van der Waals surface area (Å²) in [7, 11) is 1.77. The Morgan fingerprint density at radius 2 is 1.81 bits per heavy atom. The number of anilines is 2. The zero-order valence-corrected chi connectivity index (χ0v) is 19.8. The van der Waals surface area contributed by atoms with Gasteiger partial charge in [0.05, 0.1) is 22.7 Å². The van der Waals surface area contributed by atoms with E-state index in [9.17, 15) is 18.0 Å². The summed E-state index contributed by atoms with van der Waals surface area (Å²) >= 11 is 0. The molecule has 0 saturated heterocycles. The highest BCUT2D eigenvalue weighted by Gasteiger charge is 2.30. The van der Waals surface area contributed by atoms with Crippen molar-refractivity contribution in [2.45, 2.75) is 19.5 Å². The molecule has 0 radical (unpaired) electrons. The topological polar surface area (TPSA) is 98.5 Å². The first-order chi connectivity index (χ1) is 17.7. The lowest BCUT2D eigenvalue weighted by Crippen LogP contribution is -2.08. The number of aryl methyl sites for hydroxylation is 2. The quantitative estimate of drug-likeness (QED) is 0.313. The van der Waals surface area contributed by atoms with E-state index >= 15 is 0 Å². The van der Waals surface area contributed by atoms with Crippen molar-refractivity contribution < 1.29 is 18.0 Å². The predicted octanol–water partition coefficient (Wildman–Crippen LogP) is 5.32.